The molecule has 0 bridgehead atoms. The maximum atomic E-state index is 11.7. The molecule has 0 spiro atoms. The number of aliphatic hydroxyl groups excluding tert-OH is 1. The number of benzene rings is 3. The number of carbonyl (C=O) groups excluding carboxylic acids is 1. The molecule has 5 aromatic rings. The van der Waals surface area contributed by atoms with Crippen molar-refractivity contribution in [3.05, 3.63) is 78.3 Å². The van der Waals surface area contributed by atoms with Crippen LogP contribution in [0.1, 0.15) is 123 Å². The molecule has 3 aromatic carbocycles. The maximum absolute atomic E-state index is 11.7. The zero-order valence-corrected chi connectivity index (χ0v) is 39.3. The molecule has 2 aromatic heterocycles. The van der Waals surface area contributed by atoms with E-state index in [2.05, 4.69) is 122 Å². The summed E-state index contributed by atoms with van der Waals surface area (Å²) in [6.07, 6.45) is 6.00. The molecular formula is C47H65IrN2O2SSi-. The van der Waals surface area contributed by atoms with E-state index in [9.17, 15) is 9.90 Å². The molecule has 295 valence electrons. The molecule has 0 unspecified atom stereocenters. The summed E-state index contributed by atoms with van der Waals surface area (Å²) in [7, 11) is -1.98. The van der Waals surface area contributed by atoms with Crippen molar-refractivity contribution in [1.29, 1.82) is 0 Å². The van der Waals surface area contributed by atoms with Crippen LogP contribution in [0.5, 0.6) is 0 Å². The van der Waals surface area contributed by atoms with Gasteiger partial charge in [-0.05, 0) is 65.8 Å². The van der Waals surface area contributed by atoms with Crippen molar-refractivity contribution in [3.8, 4) is 11.3 Å². The molecule has 54 heavy (non-hydrogen) atoms. The van der Waals surface area contributed by atoms with Crippen LogP contribution in [0.2, 0.25) is 16.6 Å². The van der Waals surface area contributed by atoms with Gasteiger partial charge in [0.2, 0.25) is 0 Å². The van der Waals surface area contributed by atoms with Gasteiger partial charge in [-0.1, -0.05) is 131 Å². The SMILES string of the molecule is CCC(CC)C(=O)/C=C(\O)C(CC)CC.[2H]c1nc(-c2[c-]c3ccccc3c([Si](C(C)C)(C(C)C)C(C)C)c2)c2sc3cc(CC(C)(C)C)ccc3c2n1.[Ir]. The van der Waals surface area contributed by atoms with Crippen molar-refractivity contribution in [1.82, 2.24) is 9.97 Å². The Hall–Kier alpha value is -2.70. The number of carbonyl (C=O) groups is 1. The molecule has 1 N–H and O–H groups in total. The number of ketones is 1. The van der Waals surface area contributed by atoms with Gasteiger partial charge in [-0.25, -0.2) is 4.98 Å². The second-order valence-corrected chi connectivity index (χ2v) is 24.0. The number of hydrogen-bond acceptors (Lipinski definition) is 5. The molecule has 0 aliphatic carbocycles. The Morgan fingerprint density at radius 2 is 1.46 bits per heavy atom. The number of aromatic nitrogens is 2. The molecule has 0 aliphatic rings. The first kappa shape index (κ1) is 44.0. The van der Waals surface area contributed by atoms with Gasteiger partial charge in [0.05, 0.1) is 19.3 Å². The summed E-state index contributed by atoms with van der Waals surface area (Å²) < 4.78 is 10.8. The molecule has 7 heteroatoms. The van der Waals surface area contributed by atoms with Crippen molar-refractivity contribution in [2.45, 2.75) is 139 Å². The Morgan fingerprint density at radius 3 is 2.02 bits per heavy atom. The summed E-state index contributed by atoms with van der Waals surface area (Å²) in [5.74, 6) is 0.547. The molecule has 1 radical (unpaired) electrons. The fourth-order valence-corrected chi connectivity index (χ4v) is 17.1. The number of allylic oxidation sites excluding steroid dienone is 2. The predicted molar refractivity (Wildman–Crippen MR) is 234 cm³/mol. The van der Waals surface area contributed by atoms with Gasteiger partial charge in [0.1, 0.15) is 7.67 Å². The predicted octanol–water partition coefficient (Wildman–Crippen LogP) is 13.8. The van der Waals surface area contributed by atoms with Gasteiger partial charge in [-0.15, -0.1) is 40.1 Å². The van der Waals surface area contributed by atoms with Crippen LogP contribution in [0.25, 0.3) is 42.3 Å². The zero-order chi connectivity index (χ0) is 40.1. The Bertz CT molecular complexity index is 2070. The van der Waals surface area contributed by atoms with Crippen molar-refractivity contribution in [2.24, 2.45) is 17.3 Å². The van der Waals surface area contributed by atoms with E-state index < -0.39 is 8.07 Å². The van der Waals surface area contributed by atoms with E-state index in [0.29, 0.717) is 16.6 Å². The molecule has 0 atom stereocenters. The van der Waals surface area contributed by atoms with Gasteiger partial charge in [0.25, 0.3) is 0 Å². The largest absolute Gasteiger partial charge is 0.512 e. The second kappa shape index (κ2) is 19.4. The zero-order valence-electron chi connectivity index (χ0n) is 36.1. The van der Waals surface area contributed by atoms with Crippen LogP contribution in [-0.4, -0.2) is 28.9 Å². The molecule has 2 heterocycles. The minimum absolute atomic E-state index is 0. The molecule has 4 nitrogen and oxygen atoms in total. The number of fused-ring (bicyclic) bond motifs is 4. The fraction of sp³-hybridized carbons (Fsp3) is 0.511. The number of aliphatic hydroxyl groups is 1. The van der Waals surface area contributed by atoms with E-state index in [-0.39, 0.29) is 55.2 Å². The maximum Gasteiger partial charge on any atom is 0.162 e. The third kappa shape index (κ3) is 9.80. The Kier molecular flexibility index (Phi) is 15.8. The fourth-order valence-electron chi connectivity index (χ4n) is 8.91. The summed E-state index contributed by atoms with van der Waals surface area (Å²) in [4.78, 5) is 21.1. The van der Waals surface area contributed by atoms with Crippen molar-refractivity contribution < 1.29 is 31.4 Å². The molecule has 5 rings (SSSR count). The summed E-state index contributed by atoms with van der Waals surface area (Å²) in [6.45, 7) is 29.4. The summed E-state index contributed by atoms with van der Waals surface area (Å²) in [5.41, 5.74) is 6.02. The van der Waals surface area contributed by atoms with E-state index >= 15 is 0 Å². The molecule has 0 saturated carbocycles. The average Bonchev–Trinajstić information content (AvgIpc) is 3.45. The van der Waals surface area contributed by atoms with Crippen molar-refractivity contribution >= 4 is 61.5 Å². The van der Waals surface area contributed by atoms with Crippen LogP contribution in [0.3, 0.4) is 0 Å². The monoisotopic (exact) mass is 943 g/mol. The molecule has 0 fully saturated rings. The smallest absolute Gasteiger partial charge is 0.162 e. The third-order valence-electron chi connectivity index (χ3n) is 11.4. The van der Waals surface area contributed by atoms with Gasteiger partial charge < -0.3 is 5.11 Å². The number of hydrogen-bond donors (Lipinski definition) is 1. The Balaban J connectivity index is 0.000000433. The van der Waals surface area contributed by atoms with E-state index in [1.165, 1.54) is 26.9 Å². The first-order valence-corrected chi connectivity index (χ1v) is 23.1. The van der Waals surface area contributed by atoms with Gasteiger partial charge in [-0.2, -0.15) is 0 Å². The Labute approximate surface area is 346 Å². The molecule has 0 saturated heterocycles. The third-order valence-corrected chi connectivity index (χ3v) is 19.7. The van der Waals surface area contributed by atoms with Crippen LogP contribution in [0, 0.1) is 23.3 Å². The van der Waals surface area contributed by atoms with E-state index in [0.717, 1.165) is 64.4 Å². The summed E-state index contributed by atoms with van der Waals surface area (Å²) in [6, 6.07) is 21.6. The first-order valence-electron chi connectivity index (χ1n) is 20.5. The van der Waals surface area contributed by atoms with Gasteiger partial charge in [0, 0.05) is 58.5 Å². The van der Waals surface area contributed by atoms with Gasteiger partial charge in [-0.3, -0.25) is 9.78 Å². The topological polar surface area (TPSA) is 63.1 Å². The normalized spacial score (nSPS) is 13.0. The quantitative estimate of drug-likeness (QED) is 0.0553. The molecule has 0 aliphatic heterocycles. The van der Waals surface area contributed by atoms with Crippen molar-refractivity contribution in [3.63, 3.8) is 0 Å². The van der Waals surface area contributed by atoms with Crippen LogP contribution in [-0.2, 0) is 31.3 Å². The molecule has 0 amide bonds. The van der Waals surface area contributed by atoms with Gasteiger partial charge in [0.15, 0.2) is 5.78 Å². The minimum atomic E-state index is -1.98. The minimum Gasteiger partial charge on any atom is -0.512 e. The van der Waals surface area contributed by atoms with E-state index in [4.69, 9.17) is 6.35 Å². The van der Waals surface area contributed by atoms with Crippen LogP contribution in [0.4, 0.5) is 0 Å². The number of rotatable bonds is 13. The summed E-state index contributed by atoms with van der Waals surface area (Å²) >= 11 is 1.75. The molecular weight excluding hydrogens is 877 g/mol. The van der Waals surface area contributed by atoms with E-state index in [1.54, 1.807) is 11.3 Å². The van der Waals surface area contributed by atoms with Crippen LogP contribution in [0.15, 0.2) is 66.7 Å². The second-order valence-electron chi connectivity index (χ2n) is 17.1. The number of nitrogens with zero attached hydrogens (tertiary/aromatic N) is 2. The number of thiophene rings is 1. The average molecular weight is 943 g/mol. The van der Waals surface area contributed by atoms with E-state index in [1.807, 2.05) is 27.7 Å². The summed E-state index contributed by atoms with van der Waals surface area (Å²) in [5, 5.41) is 14.8. The Morgan fingerprint density at radius 1 is 0.870 bits per heavy atom. The van der Waals surface area contributed by atoms with Crippen LogP contribution < -0.4 is 5.19 Å². The van der Waals surface area contributed by atoms with Crippen molar-refractivity contribution in [2.75, 3.05) is 0 Å². The standard InChI is InChI=1S/C34H41N2SSi.C13H24O2.Ir/c1-21(2)38(22(3)4,23(5)6)30-18-26(17-25-12-10-11-13-27(25)30)31-33-32(36-20-35-31)28-15-14-24(16-29(28)37-33)19-34(7,8)9;1-5-10(6-2)12(14)9-13(15)11(7-3)8-4;/h10-16,18,20-23H,19H2,1-9H3;9-11,14H,5-8H2,1-4H3;/q-1;;/b;12-9-;/i20D;;. The van der Waals surface area contributed by atoms with Crippen LogP contribution >= 0.6 is 11.3 Å². The first-order chi connectivity index (χ1) is 25.4. The van der Waals surface area contributed by atoms with Gasteiger partial charge >= 0.3 is 0 Å².